The summed E-state index contributed by atoms with van der Waals surface area (Å²) in [6, 6.07) is 6.56. The molecular weight excluding hydrogens is 266 g/mol. The minimum atomic E-state index is 0.0791. The first-order chi connectivity index (χ1) is 10.2. The Morgan fingerprint density at radius 3 is 2.90 bits per heavy atom. The van der Waals surface area contributed by atoms with E-state index >= 15 is 0 Å². The summed E-state index contributed by atoms with van der Waals surface area (Å²) in [6.45, 7) is 5.88. The molecule has 6 heteroatoms. The van der Waals surface area contributed by atoms with Gasteiger partial charge in [0.2, 0.25) is 5.89 Å². The van der Waals surface area contributed by atoms with E-state index in [0.717, 1.165) is 31.6 Å². The second kappa shape index (κ2) is 7.73. The molecule has 0 fully saturated rings. The van der Waals surface area contributed by atoms with Crippen LogP contribution in [0.2, 0.25) is 0 Å². The SMILES string of the molecule is CCCNC(C)c1nnc(N(C)CCc2ccccn2)o1. The normalized spacial score (nSPS) is 12.3. The number of nitrogens with zero attached hydrogens (tertiary/aromatic N) is 4. The molecule has 6 nitrogen and oxygen atoms in total. The lowest BCUT2D eigenvalue weighted by Crippen LogP contribution is -2.21. The maximum Gasteiger partial charge on any atom is 0.317 e. The first-order valence-corrected chi connectivity index (χ1v) is 7.38. The summed E-state index contributed by atoms with van der Waals surface area (Å²) in [6.07, 6.45) is 3.73. The molecule has 0 aliphatic heterocycles. The Morgan fingerprint density at radius 2 is 2.19 bits per heavy atom. The molecular formula is C15H23N5O. The van der Waals surface area contributed by atoms with Crippen molar-refractivity contribution in [1.29, 1.82) is 0 Å². The zero-order chi connectivity index (χ0) is 15.1. The van der Waals surface area contributed by atoms with Crippen LogP contribution in [0.3, 0.4) is 0 Å². The fourth-order valence-corrected chi connectivity index (χ4v) is 1.93. The Morgan fingerprint density at radius 1 is 1.33 bits per heavy atom. The Hall–Kier alpha value is -1.95. The monoisotopic (exact) mass is 289 g/mol. The number of nitrogens with one attached hydrogen (secondary N) is 1. The molecule has 0 saturated carbocycles. The maximum absolute atomic E-state index is 5.71. The van der Waals surface area contributed by atoms with E-state index in [1.165, 1.54) is 0 Å². The van der Waals surface area contributed by atoms with Crippen LogP contribution in [0.15, 0.2) is 28.8 Å². The van der Waals surface area contributed by atoms with Crippen molar-refractivity contribution in [3.8, 4) is 0 Å². The topological polar surface area (TPSA) is 67.1 Å². The third kappa shape index (κ3) is 4.53. The van der Waals surface area contributed by atoms with Gasteiger partial charge in [0, 0.05) is 31.9 Å². The number of pyridine rings is 1. The van der Waals surface area contributed by atoms with Crippen LogP contribution in [0.5, 0.6) is 0 Å². The van der Waals surface area contributed by atoms with Crippen molar-refractivity contribution in [2.45, 2.75) is 32.7 Å². The molecule has 2 rings (SSSR count). The van der Waals surface area contributed by atoms with Crippen molar-refractivity contribution in [1.82, 2.24) is 20.5 Å². The molecule has 1 N–H and O–H groups in total. The van der Waals surface area contributed by atoms with Crippen molar-refractivity contribution in [3.05, 3.63) is 36.0 Å². The van der Waals surface area contributed by atoms with Crippen molar-refractivity contribution in [3.63, 3.8) is 0 Å². The van der Waals surface area contributed by atoms with E-state index in [0.29, 0.717) is 11.9 Å². The second-order valence-corrected chi connectivity index (χ2v) is 5.09. The minimum Gasteiger partial charge on any atom is -0.406 e. The van der Waals surface area contributed by atoms with Crippen molar-refractivity contribution in [2.75, 3.05) is 25.0 Å². The van der Waals surface area contributed by atoms with Gasteiger partial charge in [-0.3, -0.25) is 4.98 Å². The van der Waals surface area contributed by atoms with Crippen molar-refractivity contribution >= 4 is 6.01 Å². The summed E-state index contributed by atoms with van der Waals surface area (Å²) < 4.78 is 5.71. The number of rotatable bonds is 8. The minimum absolute atomic E-state index is 0.0791. The van der Waals surface area contributed by atoms with Gasteiger partial charge < -0.3 is 14.6 Å². The van der Waals surface area contributed by atoms with Crippen LogP contribution in [0, 0.1) is 0 Å². The Balaban J connectivity index is 1.88. The van der Waals surface area contributed by atoms with E-state index in [4.69, 9.17) is 4.42 Å². The summed E-state index contributed by atoms with van der Waals surface area (Å²) in [7, 11) is 1.95. The fourth-order valence-electron chi connectivity index (χ4n) is 1.93. The third-order valence-corrected chi connectivity index (χ3v) is 3.26. The summed E-state index contributed by atoms with van der Waals surface area (Å²) in [5, 5.41) is 11.5. The van der Waals surface area contributed by atoms with Gasteiger partial charge >= 0.3 is 6.01 Å². The molecule has 0 aliphatic rings. The van der Waals surface area contributed by atoms with Gasteiger partial charge in [-0.1, -0.05) is 18.1 Å². The van der Waals surface area contributed by atoms with E-state index in [-0.39, 0.29) is 6.04 Å². The fraction of sp³-hybridized carbons (Fsp3) is 0.533. The highest BCUT2D eigenvalue weighted by Crippen LogP contribution is 2.16. The molecule has 21 heavy (non-hydrogen) atoms. The van der Waals surface area contributed by atoms with Crippen molar-refractivity contribution in [2.24, 2.45) is 0 Å². The second-order valence-electron chi connectivity index (χ2n) is 5.09. The summed E-state index contributed by atoms with van der Waals surface area (Å²) in [5.41, 5.74) is 1.06. The number of hydrogen-bond donors (Lipinski definition) is 1. The van der Waals surface area contributed by atoms with Crippen molar-refractivity contribution < 1.29 is 4.42 Å². The lowest BCUT2D eigenvalue weighted by atomic mass is 10.2. The number of likely N-dealkylation sites (N-methyl/N-ethyl adjacent to an activating group) is 1. The van der Waals surface area contributed by atoms with E-state index in [1.54, 1.807) is 6.20 Å². The van der Waals surface area contributed by atoms with E-state index in [1.807, 2.05) is 37.1 Å². The Labute approximate surface area is 125 Å². The zero-order valence-electron chi connectivity index (χ0n) is 12.9. The molecule has 1 atom stereocenters. The van der Waals surface area contributed by atoms with Gasteiger partial charge in [0.05, 0.1) is 6.04 Å². The van der Waals surface area contributed by atoms with Crippen LogP contribution in [-0.2, 0) is 6.42 Å². The molecule has 0 spiro atoms. The van der Waals surface area contributed by atoms with Crippen LogP contribution in [0.4, 0.5) is 6.01 Å². The third-order valence-electron chi connectivity index (χ3n) is 3.26. The van der Waals surface area contributed by atoms with Gasteiger partial charge in [-0.2, -0.15) is 0 Å². The lowest BCUT2D eigenvalue weighted by Gasteiger charge is -2.13. The zero-order valence-corrected chi connectivity index (χ0v) is 12.9. The van der Waals surface area contributed by atoms with Gasteiger partial charge in [-0.05, 0) is 32.0 Å². The molecule has 114 valence electrons. The predicted molar refractivity (Wildman–Crippen MR) is 82.2 cm³/mol. The highest BCUT2D eigenvalue weighted by molar-refractivity contribution is 5.23. The Kier molecular flexibility index (Phi) is 5.68. The maximum atomic E-state index is 5.71. The molecule has 2 aromatic heterocycles. The van der Waals surface area contributed by atoms with Gasteiger partial charge in [0.15, 0.2) is 0 Å². The average molecular weight is 289 g/mol. The smallest absolute Gasteiger partial charge is 0.317 e. The average Bonchev–Trinajstić information content (AvgIpc) is 3.01. The summed E-state index contributed by atoms with van der Waals surface area (Å²) in [5.74, 6) is 0.628. The largest absolute Gasteiger partial charge is 0.406 e. The van der Waals surface area contributed by atoms with E-state index in [9.17, 15) is 0 Å². The van der Waals surface area contributed by atoms with Gasteiger partial charge in [0.25, 0.3) is 0 Å². The van der Waals surface area contributed by atoms with Crippen LogP contribution in [-0.4, -0.2) is 35.3 Å². The van der Waals surface area contributed by atoms with Crippen LogP contribution < -0.4 is 10.2 Å². The first-order valence-electron chi connectivity index (χ1n) is 7.38. The quantitative estimate of drug-likeness (QED) is 0.803. The number of anilines is 1. The molecule has 0 amide bonds. The standard InChI is InChI=1S/C15H23N5O/c1-4-9-16-12(2)14-18-19-15(21-14)20(3)11-8-13-7-5-6-10-17-13/h5-7,10,12,16H,4,8-9,11H2,1-3H3. The van der Waals surface area contributed by atoms with E-state index in [2.05, 4.69) is 27.4 Å². The van der Waals surface area contributed by atoms with Gasteiger partial charge in [-0.15, -0.1) is 5.10 Å². The lowest BCUT2D eigenvalue weighted by molar-refractivity contribution is 0.416. The highest BCUT2D eigenvalue weighted by atomic mass is 16.4. The molecule has 2 heterocycles. The molecule has 0 bridgehead atoms. The molecule has 2 aromatic rings. The number of aromatic nitrogens is 3. The molecule has 0 saturated heterocycles. The molecule has 0 aromatic carbocycles. The molecule has 0 radical (unpaired) electrons. The first kappa shape index (κ1) is 15.4. The predicted octanol–water partition coefficient (Wildman–Crippen LogP) is 2.20. The van der Waals surface area contributed by atoms with Gasteiger partial charge in [0.1, 0.15) is 0 Å². The summed E-state index contributed by atoms with van der Waals surface area (Å²) >= 11 is 0. The number of hydrogen-bond acceptors (Lipinski definition) is 6. The van der Waals surface area contributed by atoms with Crippen LogP contribution in [0.25, 0.3) is 0 Å². The summed E-state index contributed by atoms with van der Waals surface area (Å²) in [4.78, 5) is 6.26. The highest BCUT2D eigenvalue weighted by Gasteiger charge is 2.15. The molecule has 1 unspecified atom stereocenters. The van der Waals surface area contributed by atoms with Crippen LogP contribution >= 0.6 is 0 Å². The molecule has 0 aliphatic carbocycles. The van der Waals surface area contributed by atoms with Crippen LogP contribution in [0.1, 0.15) is 37.9 Å². The van der Waals surface area contributed by atoms with E-state index < -0.39 is 0 Å². The Bertz CT molecular complexity index is 528. The van der Waals surface area contributed by atoms with Gasteiger partial charge in [-0.25, -0.2) is 0 Å².